The minimum absolute atomic E-state index is 0.0336. The molecule has 0 aliphatic carbocycles. The summed E-state index contributed by atoms with van der Waals surface area (Å²) in [6.07, 6.45) is 1.97. The smallest absolute Gasteiger partial charge is 0.226 e. The molecule has 3 aromatic rings. The van der Waals surface area contributed by atoms with Crippen LogP contribution in [0, 0.1) is 13.8 Å². The molecule has 0 fully saturated rings. The summed E-state index contributed by atoms with van der Waals surface area (Å²) in [5.41, 5.74) is 4.01. The number of thiazole rings is 1. The van der Waals surface area contributed by atoms with E-state index in [1.54, 1.807) is 6.20 Å². The molecule has 3 rings (SSSR count). The minimum atomic E-state index is -0.0336. The topological polar surface area (TPSA) is 64.1 Å². The number of ether oxygens (including phenoxy) is 1. The zero-order valence-corrected chi connectivity index (χ0v) is 15.7. The van der Waals surface area contributed by atoms with Crippen molar-refractivity contribution < 1.29 is 9.53 Å². The average Bonchev–Trinajstić information content (AvgIpc) is 3.08. The van der Waals surface area contributed by atoms with Crippen LogP contribution in [0.25, 0.3) is 0 Å². The van der Waals surface area contributed by atoms with Gasteiger partial charge in [-0.05, 0) is 37.1 Å². The Balaban J connectivity index is 1.47. The van der Waals surface area contributed by atoms with Gasteiger partial charge in [-0.15, -0.1) is 11.3 Å². The van der Waals surface area contributed by atoms with Gasteiger partial charge in [0, 0.05) is 17.6 Å². The third-order valence-corrected chi connectivity index (χ3v) is 4.80. The Bertz CT molecular complexity index is 875. The molecular weight excluding hydrogens is 346 g/mol. The fourth-order valence-corrected chi connectivity index (χ4v) is 3.12. The van der Waals surface area contributed by atoms with E-state index in [4.69, 9.17) is 4.74 Å². The molecule has 1 N–H and O–H groups in total. The van der Waals surface area contributed by atoms with Gasteiger partial charge in [-0.2, -0.15) is 0 Å². The summed E-state index contributed by atoms with van der Waals surface area (Å²) in [4.78, 5) is 20.8. The summed E-state index contributed by atoms with van der Waals surface area (Å²) in [6, 6.07) is 11.8. The van der Waals surface area contributed by atoms with E-state index in [1.165, 1.54) is 16.9 Å². The molecule has 1 amide bonds. The third kappa shape index (κ3) is 5.13. The molecule has 0 aliphatic heterocycles. The molecule has 0 saturated carbocycles. The summed E-state index contributed by atoms with van der Waals surface area (Å²) < 4.78 is 5.67. The Hall–Kier alpha value is -2.73. The first-order chi connectivity index (χ1) is 12.6. The number of nitrogens with one attached hydrogen (secondary N) is 1. The van der Waals surface area contributed by atoms with Crippen LogP contribution in [-0.2, 0) is 24.4 Å². The van der Waals surface area contributed by atoms with Gasteiger partial charge in [-0.1, -0.05) is 24.3 Å². The minimum Gasteiger partial charge on any atom is -0.485 e. The highest BCUT2D eigenvalue weighted by atomic mass is 32.1. The molecule has 1 aromatic carbocycles. The highest BCUT2D eigenvalue weighted by molar-refractivity contribution is 7.09. The van der Waals surface area contributed by atoms with E-state index < -0.39 is 0 Å². The fraction of sp³-hybridized carbons (Fsp3) is 0.250. The van der Waals surface area contributed by atoms with E-state index in [2.05, 4.69) is 15.3 Å². The van der Waals surface area contributed by atoms with Crippen LogP contribution >= 0.6 is 11.3 Å². The number of aryl methyl sites for hydroxylation is 2. The van der Waals surface area contributed by atoms with Crippen LogP contribution < -0.4 is 10.1 Å². The lowest BCUT2D eigenvalue weighted by Gasteiger charge is -2.07. The van der Waals surface area contributed by atoms with Gasteiger partial charge >= 0.3 is 0 Å². The molecular formula is C20H21N3O2S. The van der Waals surface area contributed by atoms with Crippen LogP contribution in [0.3, 0.4) is 0 Å². The first kappa shape index (κ1) is 18.1. The molecule has 6 heteroatoms. The number of rotatable bonds is 7. The molecule has 2 aromatic heterocycles. The summed E-state index contributed by atoms with van der Waals surface area (Å²) >= 11 is 1.49. The normalized spacial score (nSPS) is 10.5. The van der Waals surface area contributed by atoms with Gasteiger partial charge in [0.15, 0.2) is 0 Å². The Kier molecular flexibility index (Phi) is 5.96. The van der Waals surface area contributed by atoms with Gasteiger partial charge in [0.2, 0.25) is 5.91 Å². The molecule has 26 heavy (non-hydrogen) atoms. The van der Waals surface area contributed by atoms with E-state index in [0.29, 0.717) is 18.9 Å². The number of amides is 1. The van der Waals surface area contributed by atoms with Crippen molar-refractivity contribution >= 4 is 17.2 Å². The Labute approximate surface area is 157 Å². The maximum absolute atomic E-state index is 12.1. The van der Waals surface area contributed by atoms with E-state index >= 15 is 0 Å². The summed E-state index contributed by atoms with van der Waals surface area (Å²) in [6.45, 7) is 4.88. The van der Waals surface area contributed by atoms with Crippen molar-refractivity contribution in [3.8, 4) is 5.75 Å². The second-order valence-corrected chi connectivity index (χ2v) is 6.98. The monoisotopic (exact) mass is 367 g/mol. The van der Waals surface area contributed by atoms with Crippen LogP contribution in [0.2, 0.25) is 0 Å². The average molecular weight is 367 g/mol. The quantitative estimate of drug-likeness (QED) is 0.693. The largest absolute Gasteiger partial charge is 0.485 e. The summed E-state index contributed by atoms with van der Waals surface area (Å²) in [5, 5.41) is 5.69. The van der Waals surface area contributed by atoms with Crippen molar-refractivity contribution in [2.45, 2.75) is 33.4 Å². The van der Waals surface area contributed by atoms with E-state index in [0.717, 1.165) is 22.0 Å². The predicted octanol–water partition coefficient (Wildman–Crippen LogP) is 3.59. The van der Waals surface area contributed by atoms with Gasteiger partial charge in [0.25, 0.3) is 0 Å². The zero-order chi connectivity index (χ0) is 18.4. The number of carbonyl (C=O) groups excluding carboxylic acids is 1. The van der Waals surface area contributed by atoms with Crippen LogP contribution in [0.15, 0.2) is 48.0 Å². The fourth-order valence-electron chi connectivity index (χ4n) is 2.41. The second kappa shape index (κ2) is 8.58. The van der Waals surface area contributed by atoms with Crippen LogP contribution in [0.1, 0.15) is 27.5 Å². The molecule has 0 spiro atoms. The first-order valence-electron chi connectivity index (χ1n) is 8.40. The van der Waals surface area contributed by atoms with Crippen LogP contribution in [0.4, 0.5) is 0 Å². The second-order valence-electron chi connectivity index (χ2n) is 6.04. The SMILES string of the molecule is Cc1ccc(OCc2nc(CC(=O)NCc3ccccc3C)cs2)cn1. The molecule has 0 bridgehead atoms. The van der Waals surface area contributed by atoms with E-state index in [1.807, 2.05) is 55.6 Å². The Morgan fingerprint density at radius 2 is 2.04 bits per heavy atom. The third-order valence-electron chi connectivity index (χ3n) is 3.92. The zero-order valence-electron chi connectivity index (χ0n) is 14.9. The van der Waals surface area contributed by atoms with Crippen molar-refractivity contribution in [2.24, 2.45) is 0 Å². The highest BCUT2D eigenvalue weighted by Gasteiger charge is 2.09. The highest BCUT2D eigenvalue weighted by Crippen LogP contribution is 2.15. The lowest BCUT2D eigenvalue weighted by atomic mass is 10.1. The maximum atomic E-state index is 12.1. The molecule has 0 unspecified atom stereocenters. The van der Waals surface area contributed by atoms with Gasteiger partial charge in [-0.3, -0.25) is 9.78 Å². The lowest BCUT2D eigenvalue weighted by Crippen LogP contribution is -2.25. The molecule has 0 radical (unpaired) electrons. The lowest BCUT2D eigenvalue weighted by molar-refractivity contribution is -0.120. The molecule has 2 heterocycles. The number of aromatic nitrogens is 2. The molecule has 0 atom stereocenters. The number of pyridine rings is 1. The number of carbonyl (C=O) groups is 1. The number of benzene rings is 1. The number of hydrogen-bond donors (Lipinski definition) is 1. The predicted molar refractivity (Wildman–Crippen MR) is 102 cm³/mol. The molecule has 0 saturated heterocycles. The van der Waals surface area contributed by atoms with Crippen LogP contribution in [-0.4, -0.2) is 15.9 Å². The van der Waals surface area contributed by atoms with Crippen molar-refractivity contribution in [3.05, 3.63) is 75.5 Å². The maximum Gasteiger partial charge on any atom is 0.226 e. The van der Waals surface area contributed by atoms with Crippen LogP contribution in [0.5, 0.6) is 5.75 Å². The van der Waals surface area contributed by atoms with Gasteiger partial charge in [0.1, 0.15) is 17.4 Å². The van der Waals surface area contributed by atoms with Crippen molar-refractivity contribution in [3.63, 3.8) is 0 Å². The van der Waals surface area contributed by atoms with Crippen molar-refractivity contribution in [2.75, 3.05) is 0 Å². The molecule has 0 aliphatic rings. The van der Waals surface area contributed by atoms with Crippen molar-refractivity contribution in [1.82, 2.24) is 15.3 Å². The standard InChI is InChI=1S/C20H21N3O2S/c1-14-5-3-4-6-16(14)10-22-19(24)9-17-13-26-20(23-17)12-25-18-8-7-15(2)21-11-18/h3-8,11,13H,9-10,12H2,1-2H3,(H,22,24). The first-order valence-corrected chi connectivity index (χ1v) is 9.28. The number of nitrogens with zero attached hydrogens (tertiary/aromatic N) is 2. The van der Waals surface area contributed by atoms with Gasteiger partial charge < -0.3 is 10.1 Å². The summed E-state index contributed by atoms with van der Waals surface area (Å²) in [7, 11) is 0. The Morgan fingerprint density at radius 1 is 1.19 bits per heavy atom. The molecule has 134 valence electrons. The van der Waals surface area contributed by atoms with Crippen molar-refractivity contribution in [1.29, 1.82) is 0 Å². The van der Waals surface area contributed by atoms with E-state index in [9.17, 15) is 4.79 Å². The summed E-state index contributed by atoms with van der Waals surface area (Å²) in [5.74, 6) is 0.678. The van der Waals surface area contributed by atoms with Gasteiger partial charge in [0.05, 0.1) is 18.3 Å². The Morgan fingerprint density at radius 3 is 2.81 bits per heavy atom. The van der Waals surface area contributed by atoms with E-state index in [-0.39, 0.29) is 12.3 Å². The molecule has 5 nitrogen and oxygen atoms in total. The van der Waals surface area contributed by atoms with Gasteiger partial charge in [-0.25, -0.2) is 4.98 Å². The number of hydrogen-bond acceptors (Lipinski definition) is 5.